The van der Waals surface area contributed by atoms with Crippen molar-refractivity contribution in [2.75, 3.05) is 145 Å². The van der Waals surface area contributed by atoms with Crippen molar-refractivity contribution in [1.82, 2.24) is 0 Å². The van der Waals surface area contributed by atoms with Gasteiger partial charge in [-0.25, -0.2) is 0 Å². The Bertz CT molecular complexity index is 1040. The molecule has 0 aliphatic carbocycles. The molecule has 0 radical (unpaired) electrons. The average molecular weight is 1060 g/mol. The summed E-state index contributed by atoms with van der Waals surface area (Å²) < 4.78 is 85.5. The van der Waals surface area contributed by atoms with Gasteiger partial charge in [0.15, 0.2) is 16.6 Å². The molecule has 68 heavy (non-hydrogen) atoms. The van der Waals surface area contributed by atoms with Crippen LogP contribution in [0.2, 0.25) is 71.5 Å². The van der Waals surface area contributed by atoms with E-state index in [-0.39, 0.29) is 0 Å². The van der Waals surface area contributed by atoms with Gasteiger partial charge in [0.05, 0.1) is 145 Å². The van der Waals surface area contributed by atoms with Crippen LogP contribution in [0.3, 0.4) is 0 Å². The Hall–Kier alpha value is -0.0356. The zero-order valence-corrected chi connectivity index (χ0v) is 50.8. The van der Waals surface area contributed by atoms with E-state index < -0.39 is 43.0 Å². The Morgan fingerprint density at radius 3 is 0.897 bits per heavy atom. The second-order valence-electron chi connectivity index (χ2n) is 18.9. The summed E-state index contributed by atoms with van der Waals surface area (Å²) in [5.74, 6) is 0. The van der Waals surface area contributed by atoms with Crippen LogP contribution in [0.15, 0.2) is 25.3 Å². The molecule has 0 N–H and O–H groups in total. The van der Waals surface area contributed by atoms with E-state index >= 15 is 0 Å². The van der Waals surface area contributed by atoms with E-state index in [2.05, 4.69) is 85.6 Å². The van der Waals surface area contributed by atoms with Crippen LogP contribution in [0.25, 0.3) is 0 Å². The van der Waals surface area contributed by atoms with E-state index in [1.165, 1.54) is 64.2 Å². The maximum Gasteiger partial charge on any atom is 0.317 e. The number of hydrogen-bond donors (Lipinski definition) is 0. The van der Waals surface area contributed by atoms with Crippen LogP contribution in [-0.4, -0.2) is 188 Å². The molecule has 0 saturated carbocycles. The van der Waals surface area contributed by atoms with Crippen LogP contribution >= 0.6 is 0 Å². The zero-order chi connectivity index (χ0) is 50.9. The third kappa shape index (κ3) is 58.5. The lowest BCUT2D eigenvalue weighted by Crippen LogP contribution is -2.56. The number of unbranched alkanes of at least 4 members (excludes halogenated alkanes) is 9. The SMILES string of the molecule is C=CCOCCOCCOCCOCCOCCOCCOCCOCCOCCOCCOCC=C.CCCCCCCCCCCC[Si](C)(O[SiH](C)O[Si](C)(C)C)O[Si](C)(C)O[Si](C)(C)C. The van der Waals surface area contributed by atoms with Gasteiger partial charge >= 0.3 is 17.1 Å². The van der Waals surface area contributed by atoms with Crippen molar-refractivity contribution in [2.24, 2.45) is 0 Å². The molecule has 2 unspecified atom stereocenters. The summed E-state index contributed by atoms with van der Waals surface area (Å²) in [4.78, 5) is 0. The van der Waals surface area contributed by atoms with Crippen LogP contribution < -0.4 is 0 Å². The van der Waals surface area contributed by atoms with Gasteiger partial charge in [-0.15, -0.1) is 13.2 Å². The largest absolute Gasteiger partial charge is 0.439 e. The molecule has 0 amide bonds. The van der Waals surface area contributed by atoms with Gasteiger partial charge in [0.2, 0.25) is 0 Å². The lowest BCUT2D eigenvalue weighted by molar-refractivity contribution is -0.0270. The maximum atomic E-state index is 6.81. The zero-order valence-electron chi connectivity index (χ0n) is 45.6. The predicted molar refractivity (Wildman–Crippen MR) is 289 cm³/mol. The van der Waals surface area contributed by atoms with Crippen molar-refractivity contribution in [3.05, 3.63) is 25.3 Å². The second kappa shape index (κ2) is 49.2. The molecule has 15 nitrogen and oxygen atoms in total. The van der Waals surface area contributed by atoms with E-state index in [1.54, 1.807) is 12.2 Å². The number of rotatable bonds is 53. The maximum absolute atomic E-state index is 6.81. The van der Waals surface area contributed by atoms with Crippen molar-refractivity contribution in [2.45, 2.75) is 143 Å². The van der Waals surface area contributed by atoms with Gasteiger partial charge in [-0.2, -0.15) is 0 Å². The lowest BCUT2D eigenvalue weighted by atomic mass is 10.1. The lowest BCUT2D eigenvalue weighted by Gasteiger charge is -2.40. The van der Waals surface area contributed by atoms with E-state index in [0.29, 0.717) is 145 Å². The molecule has 0 rings (SSSR count). The van der Waals surface area contributed by atoms with Crippen molar-refractivity contribution in [1.29, 1.82) is 0 Å². The highest BCUT2D eigenvalue weighted by molar-refractivity contribution is 6.88. The molecule has 0 fully saturated rings. The molecule has 0 bridgehead atoms. The van der Waals surface area contributed by atoms with Crippen molar-refractivity contribution in [3.8, 4) is 0 Å². The normalized spacial score (nSPS) is 13.6. The topological polar surface area (TPSA) is 138 Å². The van der Waals surface area contributed by atoms with Gasteiger partial charge in [-0.1, -0.05) is 83.3 Å². The van der Waals surface area contributed by atoms with Gasteiger partial charge in [-0.3, -0.25) is 0 Å². The quantitative estimate of drug-likeness (QED) is 0.0324. The monoisotopic (exact) mass is 1060 g/mol. The predicted octanol–water partition coefficient (Wildman–Crippen LogP) is 9.81. The molecule has 0 heterocycles. The summed E-state index contributed by atoms with van der Waals surface area (Å²) >= 11 is 0. The molecule has 0 spiro atoms. The summed E-state index contributed by atoms with van der Waals surface area (Å²) in [7, 11) is -9.48. The first-order valence-electron chi connectivity index (χ1n) is 25.8. The Morgan fingerprint density at radius 1 is 0.353 bits per heavy atom. The highest BCUT2D eigenvalue weighted by Gasteiger charge is 2.43. The van der Waals surface area contributed by atoms with Crippen molar-refractivity contribution in [3.63, 3.8) is 0 Å². The first-order chi connectivity index (χ1) is 32.5. The highest BCUT2D eigenvalue weighted by Crippen LogP contribution is 2.27. The van der Waals surface area contributed by atoms with Gasteiger partial charge in [0.1, 0.15) is 0 Å². The van der Waals surface area contributed by atoms with Gasteiger partial charge in [0.25, 0.3) is 9.28 Å². The first kappa shape index (κ1) is 70.0. The molecule has 0 aliphatic heterocycles. The van der Waals surface area contributed by atoms with Crippen LogP contribution in [0, 0.1) is 0 Å². The summed E-state index contributed by atoms with van der Waals surface area (Å²) in [6.07, 6.45) is 17.0. The Labute approximate surface area is 423 Å². The molecule has 0 aromatic heterocycles. The Balaban J connectivity index is 0. The summed E-state index contributed by atoms with van der Waals surface area (Å²) in [6, 6.07) is 1.06. The summed E-state index contributed by atoms with van der Waals surface area (Å²) in [5, 5.41) is 0. The van der Waals surface area contributed by atoms with E-state index in [0.717, 1.165) is 6.04 Å². The van der Waals surface area contributed by atoms with Crippen LogP contribution in [-0.2, 0) is 68.6 Å². The van der Waals surface area contributed by atoms with Crippen LogP contribution in [0.4, 0.5) is 0 Å². The Morgan fingerprint density at radius 2 is 0.632 bits per heavy atom. The number of ether oxygens (including phenoxy) is 11. The summed E-state index contributed by atoms with van der Waals surface area (Å²) in [5.41, 5.74) is 0. The summed E-state index contributed by atoms with van der Waals surface area (Å²) in [6.45, 7) is 43.5. The minimum Gasteiger partial charge on any atom is -0.439 e. The van der Waals surface area contributed by atoms with E-state index in [9.17, 15) is 0 Å². The average Bonchev–Trinajstić information content (AvgIpc) is 3.24. The smallest absolute Gasteiger partial charge is 0.317 e. The molecule has 0 aromatic rings. The fourth-order valence-corrected chi connectivity index (χ4v) is 27.1. The molecule has 0 aliphatic rings. The molecule has 408 valence electrons. The minimum atomic E-state index is -2.32. The van der Waals surface area contributed by atoms with Crippen LogP contribution in [0.1, 0.15) is 71.1 Å². The number of hydrogen-bond acceptors (Lipinski definition) is 15. The molecular formula is C48H106O15Si5. The standard InChI is InChI=1S/C26H50O11.C22H56O4Si5/c1-3-5-27-7-9-29-11-13-31-15-17-33-19-21-35-23-25-37-26-24-36-22-20-34-18-16-32-14-12-30-10-8-28-6-4-2;1-12-13-14-15-16-17-18-19-20-21-22-31(11,24-27(2)23-28(3,4)5)26-30(9,10)25-29(6,7)8/h3-4H,1-2,5-26H2;27H,12-22H2,1-11H3. The minimum absolute atomic E-state index is 0.518. The Kier molecular flexibility index (Phi) is 50.7. The van der Waals surface area contributed by atoms with Crippen molar-refractivity contribution >= 4 is 43.0 Å². The molecule has 2 atom stereocenters. The van der Waals surface area contributed by atoms with Crippen LogP contribution in [0.5, 0.6) is 0 Å². The molecular weight excluding hydrogens is 957 g/mol. The van der Waals surface area contributed by atoms with Gasteiger partial charge in [-0.05, 0) is 71.5 Å². The molecule has 0 aromatic carbocycles. The first-order valence-corrected chi connectivity index (χ1v) is 40.1. The molecule has 20 heteroatoms. The van der Waals surface area contributed by atoms with Gasteiger partial charge < -0.3 is 68.6 Å². The van der Waals surface area contributed by atoms with E-state index in [1.807, 2.05) is 0 Å². The highest BCUT2D eigenvalue weighted by atomic mass is 28.5. The second-order valence-corrected chi connectivity index (χ2v) is 37.6. The molecule has 0 saturated heterocycles. The fraction of sp³-hybridized carbons (Fsp3) is 0.917. The van der Waals surface area contributed by atoms with Crippen molar-refractivity contribution < 1.29 is 68.6 Å². The van der Waals surface area contributed by atoms with Gasteiger partial charge in [0, 0.05) is 0 Å². The van der Waals surface area contributed by atoms with E-state index in [4.69, 9.17) is 68.6 Å². The fourth-order valence-electron chi connectivity index (χ4n) is 6.65. The third-order valence-corrected chi connectivity index (χ3v) is 26.0. The third-order valence-electron chi connectivity index (χ3n) is 9.12.